The quantitative estimate of drug-likeness (QED) is 0.741. The second kappa shape index (κ2) is 6.09. The summed E-state index contributed by atoms with van der Waals surface area (Å²) in [6, 6.07) is 13.1. The third-order valence-electron chi connectivity index (χ3n) is 4.13. The molecule has 0 unspecified atom stereocenters. The lowest BCUT2D eigenvalue weighted by molar-refractivity contribution is 0.402. The molecule has 1 heterocycles. The zero-order valence-electron chi connectivity index (χ0n) is 14.4. The van der Waals surface area contributed by atoms with E-state index in [1.54, 1.807) is 19.2 Å². The van der Waals surface area contributed by atoms with Crippen LogP contribution in [-0.4, -0.2) is 28.1 Å². The Morgan fingerprint density at radius 2 is 1.67 bits per heavy atom. The van der Waals surface area contributed by atoms with E-state index in [2.05, 4.69) is 0 Å². The summed E-state index contributed by atoms with van der Waals surface area (Å²) >= 11 is 0. The highest BCUT2D eigenvalue weighted by molar-refractivity contribution is 5.79. The molecule has 0 spiro atoms. The van der Waals surface area contributed by atoms with Crippen molar-refractivity contribution in [3.05, 3.63) is 74.4 Å². The van der Waals surface area contributed by atoms with E-state index in [1.807, 2.05) is 56.3 Å². The molecule has 5 nitrogen and oxygen atoms in total. The Balaban J connectivity index is 2.32. The lowest BCUT2D eigenvalue weighted by Gasteiger charge is -2.13. The van der Waals surface area contributed by atoms with Crippen LogP contribution >= 0.6 is 0 Å². The predicted molar refractivity (Wildman–Crippen MR) is 96.9 cm³/mol. The first-order chi connectivity index (χ1) is 11.4. The van der Waals surface area contributed by atoms with Crippen LogP contribution in [0.25, 0.3) is 16.6 Å². The van der Waals surface area contributed by atoms with Gasteiger partial charge in [-0.1, -0.05) is 23.8 Å². The number of aromatic nitrogens is 2. The number of nitrogens with zero attached hydrogens (tertiary/aromatic N) is 3. The molecule has 0 amide bonds. The molecule has 1 aromatic heterocycles. The van der Waals surface area contributed by atoms with Crippen molar-refractivity contribution >= 4 is 10.9 Å². The minimum atomic E-state index is -0.336. The summed E-state index contributed by atoms with van der Waals surface area (Å²) in [5.41, 5.74) is 2.74. The maximum Gasteiger partial charge on any atom is 0.335 e. The highest BCUT2D eigenvalue weighted by Crippen LogP contribution is 2.13. The van der Waals surface area contributed by atoms with Crippen LogP contribution in [0.4, 0.5) is 0 Å². The van der Waals surface area contributed by atoms with Gasteiger partial charge in [0.15, 0.2) is 0 Å². The maximum atomic E-state index is 13.0. The molecule has 0 saturated carbocycles. The first-order valence-electron chi connectivity index (χ1n) is 7.85. The normalized spacial score (nSPS) is 11.4. The van der Waals surface area contributed by atoms with Crippen LogP contribution in [0.15, 0.2) is 52.1 Å². The summed E-state index contributed by atoms with van der Waals surface area (Å²) in [4.78, 5) is 27.7. The molecule has 0 saturated heterocycles. The van der Waals surface area contributed by atoms with Gasteiger partial charge < -0.3 is 4.90 Å². The molecule has 5 heteroatoms. The molecule has 0 bridgehead atoms. The van der Waals surface area contributed by atoms with Crippen molar-refractivity contribution in [1.82, 2.24) is 14.0 Å². The van der Waals surface area contributed by atoms with Crippen LogP contribution in [0.2, 0.25) is 0 Å². The third kappa shape index (κ3) is 2.78. The summed E-state index contributed by atoms with van der Waals surface area (Å²) in [6.07, 6.45) is 0. The van der Waals surface area contributed by atoms with Crippen molar-refractivity contribution in [3.8, 4) is 5.69 Å². The average molecular weight is 323 g/mol. The van der Waals surface area contributed by atoms with Gasteiger partial charge >= 0.3 is 5.69 Å². The van der Waals surface area contributed by atoms with Crippen molar-refractivity contribution in [3.63, 3.8) is 0 Å². The Bertz CT molecular complexity index is 1010. The van der Waals surface area contributed by atoms with E-state index in [4.69, 9.17) is 0 Å². The van der Waals surface area contributed by atoms with Crippen molar-refractivity contribution in [2.75, 3.05) is 14.1 Å². The highest BCUT2D eigenvalue weighted by atomic mass is 16.2. The molecule has 0 N–H and O–H groups in total. The van der Waals surface area contributed by atoms with Gasteiger partial charge in [0.1, 0.15) is 0 Å². The molecular formula is C19H21N3O2. The number of hydrogen-bond acceptors (Lipinski definition) is 3. The molecule has 3 rings (SSSR count). The summed E-state index contributed by atoms with van der Waals surface area (Å²) in [6.45, 7) is 2.71. The maximum absolute atomic E-state index is 13.0. The standard InChI is InChI=1S/C19H21N3O2/c1-13-5-8-15(9-6-13)22-18(23)16-11-14(12-20(2)3)7-10-17(16)21(4)19(22)24/h5-11H,12H2,1-4H3. The van der Waals surface area contributed by atoms with E-state index >= 15 is 0 Å². The molecule has 0 aliphatic heterocycles. The first kappa shape index (κ1) is 16.2. The molecule has 0 fully saturated rings. The van der Waals surface area contributed by atoms with Gasteiger partial charge in [0.2, 0.25) is 0 Å². The monoisotopic (exact) mass is 323 g/mol. The fourth-order valence-corrected chi connectivity index (χ4v) is 2.89. The molecule has 0 atom stereocenters. The zero-order valence-corrected chi connectivity index (χ0v) is 14.4. The minimum absolute atomic E-state index is 0.280. The van der Waals surface area contributed by atoms with E-state index in [1.165, 1.54) is 9.13 Å². The molecule has 0 aliphatic rings. The van der Waals surface area contributed by atoms with Crippen LogP contribution in [0.5, 0.6) is 0 Å². The number of benzene rings is 2. The van der Waals surface area contributed by atoms with Crippen LogP contribution in [0.3, 0.4) is 0 Å². The molecule has 2 aromatic carbocycles. The Kier molecular flexibility index (Phi) is 4.11. The zero-order chi connectivity index (χ0) is 17.4. The number of hydrogen-bond donors (Lipinski definition) is 0. The van der Waals surface area contributed by atoms with Crippen LogP contribution < -0.4 is 11.2 Å². The van der Waals surface area contributed by atoms with Gasteiger partial charge in [-0.2, -0.15) is 0 Å². The van der Waals surface area contributed by atoms with Crippen molar-refractivity contribution < 1.29 is 0 Å². The van der Waals surface area contributed by atoms with Crippen LogP contribution in [0, 0.1) is 6.92 Å². The van der Waals surface area contributed by atoms with E-state index < -0.39 is 0 Å². The fraction of sp³-hybridized carbons (Fsp3) is 0.263. The lowest BCUT2D eigenvalue weighted by Crippen LogP contribution is -2.37. The van der Waals surface area contributed by atoms with Crippen molar-refractivity contribution in [1.29, 1.82) is 0 Å². The van der Waals surface area contributed by atoms with Gasteiger partial charge in [-0.25, -0.2) is 9.36 Å². The third-order valence-corrected chi connectivity index (χ3v) is 4.13. The minimum Gasteiger partial charge on any atom is -0.305 e. The number of rotatable bonds is 3. The number of aryl methyl sites for hydroxylation is 2. The number of fused-ring (bicyclic) bond motifs is 1. The van der Waals surface area contributed by atoms with Gasteiger partial charge in [-0.3, -0.25) is 9.36 Å². The van der Waals surface area contributed by atoms with Crippen LogP contribution in [-0.2, 0) is 13.6 Å². The summed E-state index contributed by atoms with van der Waals surface area (Å²) < 4.78 is 2.76. The van der Waals surface area contributed by atoms with Gasteiger partial charge in [-0.05, 0) is 50.8 Å². The van der Waals surface area contributed by atoms with Gasteiger partial charge in [0.05, 0.1) is 16.6 Å². The molecule has 0 aliphatic carbocycles. The Morgan fingerprint density at radius 3 is 2.29 bits per heavy atom. The average Bonchev–Trinajstić information content (AvgIpc) is 2.54. The van der Waals surface area contributed by atoms with E-state index in [9.17, 15) is 9.59 Å². The van der Waals surface area contributed by atoms with Crippen LogP contribution in [0.1, 0.15) is 11.1 Å². The first-order valence-corrected chi connectivity index (χ1v) is 7.85. The lowest BCUT2D eigenvalue weighted by atomic mass is 10.1. The highest BCUT2D eigenvalue weighted by Gasteiger charge is 2.13. The summed E-state index contributed by atoms with van der Waals surface area (Å²) in [5, 5.41) is 0.553. The Labute approximate surface area is 140 Å². The Hall–Kier alpha value is -2.66. The van der Waals surface area contributed by atoms with E-state index in [0.717, 1.165) is 17.7 Å². The molecule has 24 heavy (non-hydrogen) atoms. The van der Waals surface area contributed by atoms with Crippen molar-refractivity contribution in [2.45, 2.75) is 13.5 Å². The summed E-state index contributed by atoms with van der Waals surface area (Å²) in [7, 11) is 5.66. The van der Waals surface area contributed by atoms with Gasteiger partial charge in [-0.15, -0.1) is 0 Å². The molecular weight excluding hydrogens is 302 g/mol. The topological polar surface area (TPSA) is 47.2 Å². The van der Waals surface area contributed by atoms with Gasteiger partial charge in [0, 0.05) is 13.6 Å². The second-order valence-corrected chi connectivity index (χ2v) is 6.41. The Morgan fingerprint density at radius 1 is 1.00 bits per heavy atom. The van der Waals surface area contributed by atoms with E-state index in [0.29, 0.717) is 16.6 Å². The molecule has 124 valence electrons. The predicted octanol–water partition coefficient (Wildman–Crippen LogP) is 2.06. The van der Waals surface area contributed by atoms with E-state index in [-0.39, 0.29) is 11.2 Å². The van der Waals surface area contributed by atoms with Gasteiger partial charge in [0.25, 0.3) is 5.56 Å². The van der Waals surface area contributed by atoms with Crippen molar-refractivity contribution in [2.24, 2.45) is 7.05 Å². The SMILES string of the molecule is Cc1ccc(-n2c(=O)c3cc(CN(C)C)ccc3n(C)c2=O)cc1. The summed E-state index contributed by atoms with van der Waals surface area (Å²) in [5.74, 6) is 0. The smallest absolute Gasteiger partial charge is 0.305 e. The molecule has 3 aromatic rings. The largest absolute Gasteiger partial charge is 0.335 e. The fourth-order valence-electron chi connectivity index (χ4n) is 2.89. The second-order valence-electron chi connectivity index (χ2n) is 6.41. The molecule has 0 radical (unpaired) electrons.